The molecule has 3 aromatic rings. The van der Waals surface area contributed by atoms with Crippen LogP contribution in [0.3, 0.4) is 0 Å². The minimum absolute atomic E-state index is 0.201. The molecular weight excluding hydrogens is 336 g/mol. The van der Waals surface area contributed by atoms with Crippen molar-refractivity contribution in [3.8, 4) is 5.75 Å². The molecule has 0 fully saturated rings. The molecule has 0 N–H and O–H groups in total. The van der Waals surface area contributed by atoms with Crippen molar-refractivity contribution in [2.45, 2.75) is 20.3 Å². The van der Waals surface area contributed by atoms with Crippen molar-refractivity contribution >= 4 is 22.6 Å². The molecule has 0 bridgehead atoms. The third-order valence-electron chi connectivity index (χ3n) is 4.10. The molecule has 128 valence electrons. The third kappa shape index (κ3) is 3.77. The molecule has 0 aliphatic heterocycles. The van der Waals surface area contributed by atoms with Gasteiger partial charge in [0.25, 0.3) is 0 Å². The molecule has 1 aromatic heterocycles. The highest BCUT2D eigenvalue weighted by Crippen LogP contribution is 2.32. The summed E-state index contributed by atoms with van der Waals surface area (Å²) in [5, 5.41) is 1.21. The van der Waals surface area contributed by atoms with Crippen LogP contribution in [0.5, 0.6) is 5.75 Å². The number of ether oxygens (including phenoxy) is 1. The van der Waals surface area contributed by atoms with Crippen molar-refractivity contribution in [3.63, 3.8) is 0 Å². The lowest BCUT2D eigenvalue weighted by Gasteiger charge is -2.14. The van der Waals surface area contributed by atoms with E-state index in [-0.39, 0.29) is 12.2 Å². The van der Waals surface area contributed by atoms with Crippen molar-refractivity contribution in [2.24, 2.45) is 0 Å². The number of hydrogen-bond acceptors (Lipinski definition) is 3. The maximum absolute atomic E-state index is 12.5. The van der Waals surface area contributed by atoms with Crippen LogP contribution in [-0.4, -0.2) is 6.61 Å². The van der Waals surface area contributed by atoms with Crippen LogP contribution < -0.4 is 10.4 Å². The summed E-state index contributed by atoms with van der Waals surface area (Å²) in [7, 11) is 0. The summed E-state index contributed by atoms with van der Waals surface area (Å²) in [6, 6.07) is 13.6. The second kappa shape index (κ2) is 7.16. The fraction of sp³-hybridized carbons (Fsp3) is 0.190. The van der Waals surface area contributed by atoms with Gasteiger partial charge in [-0.15, -0.1) is 0 Å². The van der Waals surface area contributed by atoms with Crippen LogP contribution in [0.15, 0.2) is 63.3 Å². The first-order valence-corrected chi connectivity index (χ1v) is 8.40. The van der Waals surface area contributed by atoms with E-state index in [2.05, 4.69) is 6.58 Å². The summed E-state index contributed by atoms with van der Waals surface area (Å²) in [6.07, 6.45) is 0.514. The second-order valence-corrected chi connectivity index (χ2v) is 6.63. The summed E-state index contributed by atoms with van der Waals surface area (Å²) in [5.41, 5.74) is 3.71. The van der Waals surface area contributed by atoms with Crippen LogP contribution in [0, 0.1) is 13.8 Å². The lowest BCUT2D eigenvalue weighted by molar-refractivity contribution is 0.363. The number of rotatable bonds is 5. The monoisotopic (exact) mass is 354 g/mol. The largest absolute Gasteiger partial charge is 0.487 e. The summed E-state index contributed by atoms with van der Waals surface area (Å²) < 4.78 is 11.4. The molecule has 25 heavy (non-hydrogen) atoms. The predicted octanol–water partition coefficient (Wildman–Crippen LogP) is 5.13. The molecule has 0 spiro atoms. The Morgan fingerprint density at radius 2 is 1.92 bits per heavy atom. The lowest BCUT2D eigenvalue weighted by atomic mass is 9.98. The topological polar surface area (TPSA) is 39.4 Å². The minimum atomic E-state index is -0.313. The zero-order chi connectivity index (χ0) is 18.0. The molecular formula is C21H19ClO3. The first-order chi connectivity index (χ1) is 12.0. The van der Waals surface area contributed by atoms with Crippen LogP contribution in [0.4, 0.5) is 0 Å². The molecule has 0 saturated heterocycles. The van der Waals surface area contributed by atoms with E-state index in [1.165, 1.54) is 0 Å². The number of halogens is 1. The molecule has 1 heterocycles. The fourth-order valence-electron chi connectivity index (χ4n) is 2.91. The van der Waals surface area contributed by atoms with Crippen LogP contribution >= 0.6 is 11.6 Å². The molecule has 0 aliphatic carbocycles. The van der Waals surface area contributed by atoms with Crippen molar-refractivity contribution in [1.82, 2.24) is 0 Å². The molecule has 0 saturated carbocycles. The van der Waals surface area contributed by atoms with Crippen LogP contribution in [-0.2, 0) is 6.42 Å². The zero-order valence-corrected chi connectivity index (χ0v) is 15.0. The summed E-state index contributed by atoms with van der Waals surface area (Å²) in [6.45, 7) is 7.70. The van der Waals surface area contributed by atoms with E-state index >= 15 is 0 Å². The van der Waals surface area contributed by atoms with E-state index in [1.807, 2.05) is 56.3 Å². The van der Waals surface area contributed by atoms with Gasteiger partial charge >= 0.3 is 5.63 Å². The molecule has 2 aromatic carbocycles. The highest BCUT2D eigenvalue weighted by molar-refractivity contribution is 6.29. The Morgan fingerprint density at radius 1 is 1.20 bits per heavy atom. The van der Waals surface area contributed by atoms with Crippen LogP contribution in [0.25, 0.3) is 11.0 Å². The Labute approximate surface area is 151 Å². The maximum atomic E-state index is 12.5. The Balaban J connectivity index is 2.16. The van der Waals surface area contributed by atoms with Gasteiger partial charge in [-0.1, -0.05) is 48.5 Å². The van der Waals surface area contributed by atoms with Crippen molar-refractivity contribution in [1.29, 1.82) is 0 Å². The number of benzene rings is 2. The van der Waals surface area contributed by atoms with Crippen molar-refractivity contribution in [3.05, 3.63) is 86.7 Å². The number of aryl methyl sites for hydroxylation is 2. The fourth-order valence-corrected chi connectivity index (χ4v) is 2.97. The van der Waals surface area contributed by atoms with Crippen LogP contribution in [0.2, 0.25) is 0 Å². The van der Waals surface area contributed by atoms with Gasteiger partial charge in [0, 0.05) is 17.0 Å². The third-order valence-corrected chi connectivity index (χ3v) is 4.20. The predicted molar refractivity (Wildman–Crippen MR) is 102 cm³/mol. The molecule has 0 aliphatic rings. The lowest BCUT2D eigenvalue weighted by Crippen LogP contribution is -2.11. The van der Waals surface area contributed by atoms with Gasteiger partial charge in [-0.3, -0.25) is 0 Å². The van der Waals surface area contributed by atoms with Crippen molar-refractivity contribution in [2.75, 3.05) is 6.61 Å². The van der Waals surface area contributed by atoms with Gasteiger partial charge in [0.1, 0.15) is 17.9 Å². The van der Waals surface area contributed by atoms with E-state index in [0.717, 1.165) is 22.1 Å². The first-order valence-electron chi connectivity index (χ1n) is 8.02. The normalized spacial score (nSPS) is 10.8. The Morgan fingerprint density at radius 3 is 2.60 bits per heavy atom. The molecule has 3 nitrogen and oxygen atoms in total. The standard InChI is InChI=1S/C21H19ClO3/c1-13-9-18(24-12-14(2)22)20-15(3)17(21(23)25-19(20)10-13)11-16-7-5-4-6-8-16/h4-10H,2,11-12H2,1,3H3. The molecule has 3 rings (SSSR count). The van der Waals surface area contributed by atoms with Gasteiger partial charge in [-0.05, 0) is 42.7 Å². The van der Waals surface area contributed by atoms with E-state index in [1.54, 1.807) is 0 Å². The smallest absolute Gasteiger partial charge is 0.340 e. The molecule has 0 atom stereocenters. The Bertz CT molecular complexity index is 987. The number of hydrogen-bond donors (Lipinski definition) is 0. The average Bonchev–Trinajstić information content (AvgIpc) is 2.57. The SMILES string of the molecule is C=C(Cl)COc1cc(C)cc2oc(=O)c(Cc3ccccc3)c(C)c12. The number of fused-ring (bicyclic) bond motifs is 1. The van der Waals surface area contributed by atoms with Gasteiger partial charge in [-0.2, -0.15) is 0 Å². The van der Waals surface area contributed by atoms with E-state index in [4.69, 9.17) is 20.8 Å². The van der Waals surface area contributed by atoms with Gasteiger partial charge in [0.05, 0.1) is 5.39 Å². The quantitative estimate of drug-likeness (QED) is 0.596. The van der Waals surface area contributed by atoms with Gasteiger partial charge in [0.2, 0.25) is 0 Å². The van der Waals surface area contributed by atoms with Gasteiger partial charge in [-0.25, -0.2) is 4.79 Å². The molecule has 4 heteroatoms. The minimum Gasteiger partial charge on any atom is -0.487 e. The Kier molecular flexibility index (Phi) is 4.95. The molecule has 0 amide bonds. The summed E-state index contributed by atoms with van der Waals surface area (Å²) in [5.74, 6) is 0.646. The highest BCUT2D eigenvalue weighted by atomic mass is 35.5. The molecule has 0 unspecified atom stereocenters. The summed E-state index contributed by atoms with van der Waals surface area (Å²) in [4.78, 5) is 12.5. The van der Waals surface area contributed by atoms with E-state index < -0.39 is 0 Å². The highest BCUT2D eigenvalue weighted by Gasteiger charge is 2.16. The summed E-state index contributed by atoms with van der Waals surface area (Å²) >= 11 is 5.83. The average molecular weight is 355 g/mol. The van der Waals surface area contributed by atoms with E-state index in [0.29, 0.717) is 28.3 Å². The molecule has 0 radical (unpaired) electrons. The first kappa shape index (κ1) is 17.3. The zero-order valence-electron chi connectivity index (χ0n) is 14.3. The maximum Gasteiger partial charge on any atom is 0.340 e. The van der Waals surface area contributed by atoms with Crippen molar-refractivity contribution < 1.29 is 9.15 Å². The Hall–Kier alpha value is -2.52. The van der Waals surface area contributed by atoms with Gasteiger partial charge < -0.3 is 9.15 Å². The van der Waals surface area contributed by atoms with E-state index in [9.17, 15) is 4.79 Å². The van der Waals surface area contributed by atoms with Gasteiger partial charge in [0.15, 0.2) is 0 Å². The van der Waals surface area contributed by atoms with Crippen LogP contribution in [0.1, 0.15) is 22.3 Å². The second-order valence-electron chi connectivity index (χ2n) is 6.10.